The van der Waals surface area contributed by atoms with Crippen molar-refractivity contribution < 1.29 is 22.7 Å². The molecule has 0 aliphatic carbocycles. The number of methoxy groups -OCH3 is 1. The lowest BCUT2D eigenvalue weighted by molar-refractivity contribution is -0.182. The summed E-state index contributed by atoms with van der Waals surface area (Å²) in [5, 5.41) is 0. The molecular formula is C16H21F3N2O2. The summed E-state index contributed by atoms with van der Waals surface area (Å²) in [6.45, 7) is 2.18. The molecular weight excluding hydrogens is 309 g/mol. The highest BCUT2D eigenvalue weighted by Crippen LogP contribution is 2.38. The molecule has 0 unspecified atom stereocenters. The van der Waals surface area contributed by atoms with Gasteiger partial charge >= 0.3 is 6.18 Å². The molecule has 1 aliphatic rings. The van der Waals surface area contributed by atoms with E-state index in [2.05, 4.69) is 0 Å². The fourth-order valence-corrected chi connectivity index (χ4v) is 3.09. The maximum atomic E-state index is 13.1. The van der Waals surface area contributed by atoms with Gasteiger partial charge in [0.1, 0.15) is 5.75 Å². The number of nitrogens with zero attached hydrogens (tertiary/aromatic N) is 1. The van der Waals surface area contributed by atoms with E-state index in [9.17, 15) is 18.0 Å². The number of aryl methyl sites for hydroxylation is 1. The van der Waals surface area contributed by atoms with Gasteiger partial charge in [-0.15, -0.1) is 0 Å². The number of rotatable bonds is 5. The number of benzene rings is 1. The number of ether oxygens (including phenoxy) is 1. The van der Waals surface area contributed by atoms with Crippen LogP contribution in [0, 0.1) is 11.8 Å². The predicted molar refractivity (Wildman–Crippen MR) is 79.9 cm³/mol. The molecule has 128 valence electrons. The largest absolute Gasteiger partial charge is 0.497 e. The summed E-state index contributed by atoms with van der Waals surface area (Å²) in [5.41, 5.74) is 7.12. The first-order chi connectivity index (χ1) is 10.8. The van der Waals surface area contributed by atoms with Gasteiger partial charge in [-0.1, -0.05) is 13.0 Å². The van der Waals surface area contributed by atoms with Crippen LogP contribution in [0.25, 0.3) is 0 Å². The lowest BCUT2D eigenvalue weighted by Gasteiger charge is -2.19. The minimum atomic E-state index is -4.41. The van der Waals surface area contributed by atoms with E-state index in [0.29, 0.717) is 6.54 Å². The average molecular weight is 330 g/mol. The smallest absolute Gasteiger partial charge is 0.393 e. The molecule has 7 heteroatoms. The fourth-order valence-electron chi connectivity index (χ4n) is 3.09. The number of primary amides is 1. The van der Waals surface area contributed by atoms with Gasteiger partial charge < -0.3 is 10.5 Å². The summed E-state index contributed by atoms with van der Waals surface area (Å²) in [5.74, 6) is -3.04. The lowest BCUT2D eigenvalue weighted by Crippen LogP contribution is -2.37. The van der Waals surface area contributed by atoms with E-state index in [1.54, 1.807) is 18.1 Å². The normalized spacial score (nSPS) is 22.3. The zero-order valence-electron chi connectivity index (χ0n) is 13.2. The Morgan fingerprint density at radius 3 is 2.52 bits per heavy atom. The Labute approximate surface area is 133 Å². The summed E-state index contributed by atoms with van der Waals surface area (Å²) in [6.07, 6.45) is -3.66. The molecule has 23 heavy (non-hydrogen) atoms. The van der Waals surface area contributed by atoms with E-state index >= 15 is 0 Å². The Balaban J connectivity index is 2.17. The van der Waals surface area contributed by atoms with Crippen molar-refractivity contribution in [2.75, 3.05) is 20.2 Å². The third kappa shape index (κ3) is 3.96. The standard InChI is InChI=1S/C16H21F3N2O2/c1-3-10-6-12(23-2)5-4-11(10)7-21-8-13(15(20)22)14(9-21)16(17,18)19/h4-6,13-14H,3,7-9H2,1-2H3,(H2,20,22)/t13-,14-/m1/s1. The van der Waals surface area contributed by atoms with E-state index in [0.717, 1.165) is 23.3 Å². The second-order valence-corrected chi connectivity index (χ2v) is 5.84. The molecule has 2 N–H and O–H groups in total. The van der Waals surface area contributed by atoms with Crippen LogP contribution in [0.5, 0.6) is 5.75 Å². The SMILES string of the molecule is CCc1cc(OC)ccc1CN1C[C@@H](C(F)(F)F)[C@H](C(N)=O)C1. The van der Waals surface area contributed by atoms with Gasteiger partial charge in [0.15, 0.2) is 0 Å². The van der Waals surface area contributed by atoms with Gasteiger partial charge in [0.25, 0.3) is 0 Å². The van der Waals surface area contributed by atoms with E-state index < -0.39 is 23.9 Å². The van der Waals surface area contributed by atoms with Crippen molar-refractivity contribution in [1.29, 1.82) is 0 Å². The highest BCUT2D eigenvalue weighted by molar-refractivity contribution is 5.77. The molecule has 4 nitrogen and oxygen atoms in total. The summed E-state index contributed by atoms with van der Waals surface area (Å²) < 4.78 is 44.4. The monoisotopic (exact) mass is 330 g/mol. The number of halogens is 3. The van der Waals surface area contributed by atoms with Crippen molar-refractivity contribution in [2.24, 2.45) is 17.6 Å². The van der Waals surface area contributed by atoms with Crippen LogP contribution in [-0.2, 0) is 17.8 Å². The summed E-state index contributed by atoms with van der Waals surface area (Å²) in [4.78, 5) is 13.0. The van der Waals surface area contributed by atoms with Crippen LogP contribution in [-0.4, -0.2) is 37.2 Å². The molecule has 0 spiro atoms. The Bertz CT molecular complexity index is 575. The van der Waals surface area contributed by atoms with Crippen LogP contribution in [0.1, 0.15) is 18.1 Å². The molecule has 1 aromatic carbocycles. The van der Waals surface area contributed by atoms with Crippen LogP contribution in [0.4, 0.5) is 13.2 Å². The van der Waals surface area contributed by atoms with Crippen molar-refractivity contribution >= 4 is 5.91 Å². The molecule has 2 atom stereocenters. The molecule has 1 amide bonds. The van der Waals surface area contributed by atoms with Gasteiger partial charge in [-0.05, 0) is 29.7 Å². The minimum absolute atomic E-state index is 0.0364. The number of carbonyl (C=O) groups is 1. The topological polar surface area (TPSA) is 55.6 Å². The van der Waals surface area contributed by atoms with E-state index in [1.165, 1.54) is 0 Å². The molecule has 1 saturated heterocycles. The maximum Gasteiger partial charge on any atom is 0.393 e. The Hall–Kier alpha value is -1.76. The third-order valence-corrected chi connectivity index (χ3v) is 4.37. The van der Waals surface area contributed by atoms with Gasteiger partial charge in [0, 0.05) is 19.6 Å². The molecule has 1 fully saturated rings. The molecule has 1 aliphatic heterocycles. The van der Waals surface area contributed by atoms with Crippen molar-refractivity contribution in [1.82, 2.24) is 4.90 Å². The first kappa shape index (κ1) is 17.6. The molecule has 0 radical (unpaired) electrons. The number of alkyl halides is 3. The number of hydrogen-bond donors (Lipinski definition) is 1. The van der Waals surface area contributed by atoms with E-state index in [4.69, 9.17) is 10.5 Å². The molecule has 2 rings (SSSR count). The Kier molecular flexibility index (Phi) is 5.19. The number of hydrogen-bond acceptors (Lipinski definition) is 3. The van der Waals surface area contributed by atoms with Crippen molar-refractivity contribution in [3.63, 3.8) is 0 Å². The van der Waals surface area contributed by atoms with Crippen LogP contribution >= 0.6 is 0 Å². The van der Waals surface area contributed by atoms with Crippen LogP contribution < -0.4 is 10.5 Å². The number of likely N-dealkylation sites (tertiary alicyclic amines) is 1. The van der Waals surface area contributed by atoms with Crippen molar-refractivity contribution in [3.05, 3.63) is 29.3 Å². The van der Waals surface area contributed by atoms with Crippen molar-refractivity contribution in [3.8, 4) is 5.75 Å². The quantitative estimate of drug-likeness (QED) is 0.902. The van der Waals surface area contributed by atoms with Gasteiger partial charge in [-0.2, -0.15) is 13.2 Å². The molecule has 0 aromatic heterocycles. The number of carbonyl (C=O) groups excluding carboxylic acids is 1. The van der Waals surface area contributed by atoms with Gasteiger partial charge in [-0.25, -0.2) is 0 Å². The summed E-state index contributed by atoms with van der Waals surface area (Å²) >= 11 is 0. The Morgan fingerprint density at radius 1 is 1.35 bits per heavy atom. The number of amides is 1. The van der Waals surface area contributed by atoms with Gasteiger partial charge in [-0.3, -0.25) is 9.69 Å². The second kappa shape index (κ2) is 6.78. The zero-order valence-corrected chi connectivity index (χ0v) is 13.2. The van der Waals surface area contributed by atoms with Gasteiger partial charge in [0.2, 0.25) is 5.91 Å². The highest BCUT2D eigenvalue weighted by Gasteiger charge is 2.51. The summed E-state index contributed by atoms with van der Waals surface area (Å²) in [6, 6.07) is 5.54. The molecule has 0 bridgehead atoms. The molecule has 0 saturated carbocycles. The van der Waals surface area contributed by atoms with Crippen LogP contribution in [0.15, 0.2) is 18.2 Å². The van der Waals surface area contributed by atoms with E-state index in [1.807, 2.05) is 19.1 Å². The summed E-state index contributed by atoms with van der Waals surface area (Å²) in [7, 11) is 1.57. The van der Waals surface area contributed by atoms with Gasteiger partial charge in [0.05, 0.1) is 18.9 Å². The second-order valence-electron chi connectivity index (χ2n) is 5.84. The maximum absolute atomic E-state index is 13.1. The first-order valence-electron chi connectivity index (χ1n) is 7.50. The predicted octanol–water partition coefficient (Wildman–Crippen LogP) is 2.35. The van der Waals surface area contributed by atoms with Crippen molar-refractivity contribution in [2.45, 2.75) is 26.1 Å². The zero-order chi connectivity index (χ0) is 17.2. The van der Waals surface area contributed by atoms with E-state index in [-0.39, 0.29) is 13.1 Å². The number of nitrogens with two attached hydrogens (primary N) is 1. The third-order valence-electron chi connectivity index (χ3n) is 4.37. The fraction of sp³-hybridized carbons (Fsp3) is 0.562. The first-order valence-corrected chi connectivity index (χ1v) is 7.50. The lowest BCUT2D eigenvalue weighted by atomic mass is 9.95. The van der Waals surface area contributed by atoms with Crippen LogP contribution in [0.3, 0.4) is 0 Å². The minimum Gasteiger partial charge on any atom is -0.497 e. The molecule has 1 heterocycles. The average Bonchev–Trinajstić information content (AvgIpc) is 2.92. The van der Waals surface area contributed by atoms with Crippen LogP contribution in [0.2, 0.25) is 0 Å². The molecule has 1 aromatic rings. The highest BCUT2D eigenvalue weighted by atomic mass is 19.4. The Morgan fingerprint density at radius 2 is 2.04 bits per heavy atom.